The highest BCUT2D eigenvalue weighted by molar-refractivity contribution is 5.81. The number of carbonyl (C=O) groups excluding carboxylic acids is 1. The van der Waals surface area contributed by atoms with Crippen molar-refractivity contribution in [3.8, 4) is 0 Å². The number of ether oxygens (including phenoxy) is 1. The molecule has 1 saturated heterocycles. The molecule has 0 aromatic rings. The van der Waals surface area contributed by atoms with Gasteiger partial charge in [-0.1, -0.05) is 0 Å². The smallest absolute Gasteiger partial charge is 0.239 e. The van der Waals surface area contributed by atoms with E-state index in [1.807, 2.05) is 13.8 Å². The molecule has 1 aliphatic rings. The lowest BCUT2D eigenvalue weighted by atomic mass is 10.2. The fourth-order valence-electron chi connectivity index (χ4n) is 1.65. The molecule has 3 atom stereocenters. The summed E-state index contributed by atoms with van der Waals surface area (Å²) in [5, 5.41) is 0. The first-order chi connectivity index (χ1) is 6.00. The van der Waals surface area contributed by atoms with E-state index in [4.69, 9.17) is 10.5 Å². The molecular weight excluding hydrogens is 168 g/mol. The van der Waals surface area contributed by atoms with E-state index >= 15 is 0 Å². The Hall–Kier alpha value is -0.610. The molecule has 1 heterocycles. The molecule has 1 rings (SSSR count). The molecule has 0 aliphatic carbocycles. The van der Waals surface area contributed by atoms with Crippen molar-refractivity contribution in [2.75, 3.05) is 13.1 Å². The number of morpholine rings is 1. The van der Waals surface area contributed by atoms with Crippen LogP contribution in [0.1, 0.15) is 20.8 Å². The molecule has 76 valence electrons. The van der Waals surface area contributed by atoms with Crippen molar-refractivity contribution in [1.82, 2.24) is 4.90 Å². The Morgan fingerprint density at radius 2 is 1.92 bits per heavy atom. The SMILES string of the molecule is C[C@@H]1CN(C(=O)[C@H](C)N)C[C@H](C)O1. The predicted octanol–water partition coefficient (Wildman–Crippen LogP) is -0.0306. The molecule has 0 saturated carbocycles. The number of carbonyl (C=O) groups is 1. The first-order valence-corrected chi connectivity index (χ1v) is 4.70. The van der Waals surface area contributed by atoms with Crippen LogP contribution in [0.2, 0.25) is 0 Å². The average Bonchev–Trinajstić information content (AvgIpc) is 2.01. The van der Waals surface area contributed by atoms with Gasteiger partial charge in [0.15, 0.2) is 0 Å². The van der Waals surface area contributed by atoms with Crippen molar-refractivity contribution >= 4 is 5.91 Å². The van der Waals surface area contributed by atoms with Gasteiger partial charge in [0, 0.05) is 13.1 Å². The summed E-state index contributed by atoms with van der Waals surface area (Å²) in [4.78, 5) is 13.3. The van der Waals surface area contributed by atoms with Crippen molar-refractivity contribution < 1.29 is 9.53 Å². The van der Waals surface area contributed by atoms with Gasteiger partial charge < -0.3 is 15.4 Å². The summed E-state index contributed by atoms with van der Waals surface area (Å²) >= 11 is 0. The van der Waals surface area contributed by atoms with Crippen LogP contribution in [-0.4, -0.2) is 42.1 Å². The van der Waals surface area contributed by atoms with Crippen LogP contribution in [0.15, 0.2) is 0 Å². The fourth-order valence-corrected chi connectivity index (χ4v) is 1.65. The molecule has 0 radical (unpaired) electrons. The minimum atomic E-state index is -0.405. The molecule has 4 nitrogen and oxygen atoms in total. The Morgan fingerprint density at radius 1 is 1.46 bits per heavy atom. The predicted molar refractivity (Wildman–Crippen MR) is 50.2 cm³/mol. The van der Waals surface area contributed by atoms with Crippen molar-refractivity contribution in [2.24, 2.45) is 5.73 Å². The highest BCUT2D eigenvalue weighted by Crippen LogP contribution is 2.11. The second-order valence-electron chi connectivity index (χ2n) is 3.79. The number of hydrogen-bond acceptors (Lipinski definition) is 3. The lowest BCUT2D eigenvalue weighted by molar-refractivity contribution is -0.144. The maximum Gasteiger partial charge on any atom is 0.239 e. The minimum Gasteiger partial charge on any atom is -0.372 e. The molecule has 0 aromatic heterocycles. The Bertz CT molecular complexity index is 184. The third-order valence-electron chi connectivity index (χ3n) is 2.12. The van der Waals surface area contributed by atoms with E-state index < -0.39 is 6.04 Å². The first-order valence-electron chi connectivity index (χ1n) is 4.70. The van der Waals surface area contributed by atoms with E-state index in [0.717, 1.165) is 0 Å². The molecule has 0 aromatic carbocycles. The summed E-state index contributed by atoms with van der Waals surface area (Å²) in [5.74, 6) is 0.0157. The van der Waals surface area contributed by atoms with Gasteiger partial charge in [-0.2, -0.15) is 0 Å². The zero-order chi connectivity index (χ0) is 10.0. The van der Waals surface area contributed by atoms with Gasteiger partial charge in [0.05, 0.1) is 18.2 Å². The standard InChI is InChI=1S/C9H18N2O2/c1-6-4-11(5-7(2)13-6)9(12)8(3)10/h6-8H,4-5,10H2,1-3H3/t6-,7+,8-/m0/s1. The molecule has 0 unspecified atom stereocenters. The second kappa shape index (κ2) is 4.07. The third kappa shape index (κ3) is 2.67. The van der Waals surface area contributed by atoms with E-state index in [-0.39, 0.29) is 18.1 Å². The number of rotatable bonds is 1. The van der Waals surface area contributed by atoms with Crippen LogP contribution in [0, 0.1) is 0 Å². The summed E-state index contributed by atoms with van der Waals surface area (Å²) in [5.41, 5.74) is 5.53. The van der Waals surface area contributed by atoms with E-state index in [0.29, 0.717) is 13.1 Å². The molecule has 1 fully saturated rings. The van der Waals surface area contributed by atoms with Gasteiger partial charge in [-0.05, 0) is 20.8 Å². The van der Waals surface area contributed by atoms with Gasteiger partial charge in [-0.15, -0.1) is 0 Å². The van der Waals surface area contributed by atoms with Crippen LogP contribution < -0.4 is 5.73 Å². The molecule has 1 amide bonds. The molecule has 13 heavy (non-hydrogen) atoms. The normalized spacial score (nSPS) is 31.5. The van der Waals surface area contributed by atoms with E-state index in [1.54, 1.807) is 11.8 Å². The quantitative estimate of drug-likeness (QED) is 0.625. The number of nitrogens with two attached hydrogens (primary N) is 1. The summed E-state index contributed by atoms with van der Waals surface area (Å²) < 4.78 is 5.51. The number of hydrogen-bond donors (Lipinski definition) is 1. The highest BCUT2D eigenvalue weighted by atomic mass is 16.5. The molecule has 0 spiro atoms. The zero-order valence-electron chi connectivity index (χ0n) is 8.49. The van der Waals surface area contributed by atoms with Crippen molar-refractivity contribution in [3.63, 3.8) is 0 Å². The van der Waals surface area contributed by atoms with Crippen molar-refractivity contribution in [3.05, 3.63) is 0 Å². The van der Waals surface area contributed by atoms with Crippen molar-refractivity contribution in [2.45, 2.75) is 39.0 Å². The van der Waals surface area contributed by atoms with E-state index in [9.17, 15) is 4.79 Å². The maximum atomic E-state index is 11.5. The van der Waals surface area contributed by atoms with E-state index in [2.05, 4.69) is 0 Å². The topological polar surface area (TPSA) is 55.6 Å². The van der Waals surface area contributed by atoms with Gasteiger partial charge in [0.2, 0.25) is 5.91 Å². The minimum absolute atomic E-state index is 0.0157. The maximum absolute atomic E-state index is 11.5. The Labute approximate surface area is 79.0 Å². The lowest BCUT2D eigenvalue weighted by Crippen LogP contribution is -2.52. The monoisotopic (exact) mass is 186 g/mol. The van der Waals surface area contributed by atoms with E-state index in [1.165, 1.54) is 0 Å². The number of amides is 1. The van der Waals surface area contributed by atoms with Gasteiger partial charge in [-0.3, -0.25) is 4.79 Å². The van der Waals surface area contributed by atoms with Gasteiger partial charge in [-0.25, -0.2) is 0 Å². The molecule has 0 bridgehead atoms. The second-order valence-corrected chi connectivity index (χ2v) is 3.79. The van der Waals surface area contributed by atoms with Gasteiger partial charge in [0.25, 0.3) is 0 Å². The Morgan fingerprint density at radius 3 is 2.31 bits per heavy atom. The van der Waals surface area contributed by atoms with Crippen LogP contribution in [-0.2, 0) is 9.53 Å². The summed E-state index contributed by atoms with van der Waals surface area (Å²) in [6.07, 6.45) is 0.234. The van der Waals surface area contributed by atoms with Gasteiger partial charge >= 0.3 is 0 Å². The van der Waals surface area contributed by atoms with Crippen LogP contribution >= 0.6 is 0 Å². The largest absolute Gasteiger partial charge is 0.372 e. The third-order valence-corrected chi connectivity index (χ3v) is 2.12. The Balaban J connectivity index is 2.55. The molecular formula is C9H18N2O2. The average molecular weight is 186 g/mol. The lowest BCUT2D eigenvalue weighted by Gasteiger charge is -2.36. The highest BCUT2D eigenvalue weighted by Gasteiger charge is 2.27. The molecule has 1 aliphatic heterocycles. The Kier molecular flexibility index (Phi) is 3.27. The van der Waals surface area contributed by atoms with Crippen LogP contribution in [0.25, 0.3) is 0 Å². The molecule has 2 N–H and O–H groups in total. The summed E-state index contributed by atoms with van der Waals surface area (Å²) in [6.45, 7) is 6.97. The zero-order valence-corrected chi connectivity index (χ0v) is 8.49. The van der Waals surface area contributed by atoms with Crippen LogP contribution in [0.3, 0.4) is 0 Å². The van der Waals surface area contributed by atoms with Crippen LogP contribution in [0.4, 0.5) is 0 Å². The molecule has 4 heteroatoms. The van der Waals surface area contributed by atoms with Crippen molar-refractivity contribution in [1.29, 1.82) is 0 Å². The number of nitrogens with zero attached hydrogens (tertiary/aromatic N) is 1. The summed E-state index contributed by atoms with van der Waals surface area (Å²) in [6, 6.07) is -0.405. The first kappa shape index (κ1) is 10.5. The summed E-state index contributed by atoms with van der Waals surface area (Å²) in [7, 11) is 0. The van der Waals surface area contributed by atoms with Crippen LogP contribution in [0.5, 0.6) is 0 Å². The van der Waals surface area contributed by atoms with Gasteiger partial charge in [0.1, 0.15) is 0 Å². The fraction of sp³-hybridized carbons (Fsp3) is 0.889.